The van der Waals surface area contributed by atoms with Gasteiger partial charge in [0.25, 0.3) is 0 Å². The van der Waals surface area contributed by atoms with Crippen molar-refractivity contribution in [1.82, 2.24) is 10.2 Å². The van der Waals surface area contributed by atoms with E-state index in [1.165, 1.54) is 0 Å². The van der Waals surface area contributed by atoms with E-state index in [4.69, 9.17) is 10.5 Å². The largest absolute Gasteiger partial charge is 0.496 e. The fourth-order valence-corrected chi connectivity index (χ4v) is 2.51. The number of primary amides is 1. The molecule has 1 aliphatic heterocycles. The van der Waals surface area contributed by atoms with E-state index in [2.05, 4.69) is 5.32 Å². The summed E-state index contributed by atoms with van der Waals surface area (Å²) in [7, 11) is 1.63. The summed E-state index contributed by atoms with van der Waals surface area (Å²) in [6, 6.07) is 7.21. The number of carbonyl (C=O) groups is 2. The molecular weight excluding hydrogens is 282 g/mol. The SMILES string of the molecule is COc1ccccc1C=CCN1CCNC(=O)C1CC(N)=O. The van der Waals surface area contributed by atoms with E-state index < -0.39 is 11.9 Å². The molecule has 6 heteroatoms. The maximum atomic E-state index is 11.9. The molecule has 22 heavy (non-hydrogen) atoms. The number of carbonyl (C=O) groups excluding carboxylic acids is 2. The second-order valence-corrected chi connectivity index (χ2v) is 5.12. The van der Waals surface area contributed by atoms with Crippen LogP contribution in [-0.2, 0) is 9.59 Å². The van der Waals surface area contributed by atoms with Gasteiger partial charge in [0.1, 0.15) is 5.75 Å². The third-order valence-corrected chi connectivity index (χ3v) is 3.61. The quantitative estimate of drug-likeness (QED) is 0.796. The zero-order valence-electron chi connectivity index (χ0n) is 12.6. The van der Waals surface area contributed by atoms with Crippen LogP contribution >= 0.6 is 0 Å². The maximum Gasteiger partial charge on any atom is 0.237 e. The highest BCUT2D eigenvalue weighted by molar-refractivity contribution is 5.88. The Hall–Kier alpha value is -2.34. The average molecular weight is 303 g/mol. The number of rotatable bonds is 6. The topological polar surface area (TPSA) is 84.7 Å². The molecule has 1 atom stereocenters. The number of amides is 2. The average Bonchev–Trinajstić information content (AvgIpc) is 2.50. The van der Waals surface area contributed by atoms with Crippen molar-refractivity contribution in [2.24, 2.45) is 5.73 Å². The molecule has 2 rings (SSSR count). The number of piperazine rings is 1. The van der Waals surface area contributed by atoms with Crippen LogP contribution < -0.4 is 15.8 Å². The Morgan fingerprint density at radius 3 is 3.00 bits per heavy atom. The Bertz CT molecular complexity index is 572. The van der Waals surface area contributed by atoms with Gasteiger partial charge in [0, 0.05) is 25.2 Å². The van der Waals surface area contributed by atoms with E-state index in [-0.39, 0.29) is 12.3 Å². The van der Waals surface area contributed by atoms with Crippen LogP contribution in [0.25, 0.3) is 6.08 Å². The Labute approximate surface area is 129 Å². The lowest BCUT2D eigenvalue weighted by atomic mass is 10.1. The van der Waals surface area contributed by atoms with E-state index >= 15 is 0 Å². The molecule has 0 bridgehead atoms. The van der Waals surface area contributed by atoms with Crippen LogP contribution in [-0.4, -0.2) is 49.5 Å². The molecule has 1 heterocycles. The van der Waals surface area contributed by atoms with Crippen LogP contribution in [0.5, 0.6) is 5.75 Å². The molecule has 2 amide bonds. The molecule has 3 N–H and O–H groups in total. The van der Waals surface area contributed by atoms with Crippen molar-refractivity contribution in [3.63, 3.8) is 0 Å². The summed E-state index contributed by atoms with van der Waals surface area (Å²) >= 11 is 0. The zero-order chi connectivity index (χ0) is 15.9. The highest BCUT2D eigenvalue weighted by Crippen LogP contribution is 2.19. The summed E-state index contributed by atoms with van der Waals surface area (Å²) in [5.74, 6) is 0.181. The Kier molecular flexibility index (Phi) is 5.55. The molecule has 0 saturated carbocycles. The van der Waals surface area contributed by atoms with Gasteiger partial charge in [-0.25, -0.2) is 0 Å². The highest BCUT2D eigenvalue weighted by Gasteiger charge is 2.29. The van der Waals surface area contributed by atoms with Gasteiger partial charge in [-0.3, -0.25) is 14.5 Å². The summed E-state index contributed by atoms with van der Waals surface area (Å²) in [6.07, 6.45) is 3.95. The van der Waals surface area contributed by atoms with Gasteiger partial charge in [-0.15, -0.1) is 0 Å². The summed E-state index contributed by atoms with van der Waals surface area (Å²) in [5, 5.41) is 2.76. The first-order chi connectivity index (χ1) is 10.6. The minimum atomic E-state index is -0.492. The Morgan fingerprint density at radius 1 is 1.50 bits per heavy atom. The van der Waals surface area contributed by atoms with Crippen molar-refractivity contribution in [3.8, 4) is 5.75 Å². The molecule has 0 aromatic heterocycles. The van der Waals surface area contributed by atoms with Crippen LogP contribution in [0.15, 0.2) is 30.3 Å². The van der Waals surface area contributed by atoms with Gasteiger partial charge in [-0.2, -0.15) is 0 Å². The van der Waals surface area contributed by atoms with Crippen LogP contribution in [0, 0.1) is 0 Å². The van der Waals surface area contributed by atoms with E-state index in [9.17, 15) is 9.59 Å². The fourth-order valence-electron chi connectivity index (χ4n) is 2.51. The number of hydrogen-bond acceptors (Lipinski definition) is 4. The molecule has 6 nitrogen and oxygen atoms in total. The second-order valence-electron chi connectivity index (χ2n) is 5.12. The molecule has 118 valence electrons. The number of nitrogens with two attached hydrogens (primary N) is 1. The minimum Gasteiger partial charge on any atom is -0.496 e. The predicted octanol–water partition coefficient (Wildman–Crippen LogP) is 0.384. The molecule has 1 aromatic carbocycles. The van der Waals surface area contributed by atoms with Gasteiger partial charge in [-0.05, 0) is 6.07 Å². The van der Waals surface area contributed by atoms with Crippen molar-refractivity contribution in [1.29, 1.82) is 0 Å². The first kappa shape index (κ1) is 16.0. The van der Waals surface area contributed by atoms with E-state index in [1.54, 1.807) is 7.11 Å². The first-order valence-corrected chi connectivity index (χ1v) is 7.21. The monoisotopic (exact) mass is 303 g/mol. The summed E-state index contributed by atoms with van der Waals surface area (Å²) in [6.45, 7) is 1.85. The lowest BCUT2D eigenvalue weighted by Crippen LogP contribution is -2.56. The third-order valence-electron chi connectivity index (χ3n) is 3.61. The number of methoxy groups -OCH3 is 1. The number of benzene rings is 1. The van der Waals surface area contributed by atoms with Crippen molar-refractivity contribution in [2.75, 3.05) is 26.7 Å². The minimum absolute atomic E-state index is 0.0360. The molecular formula is C16H21N3O3. The Balaban J connectivity index is 2.03. The van der Waals surface area contributed by atoms with Gasteiger partial charge >= 0.3 is 0 Å². The number of ether oxygens (including phenoxy) is 1. The van der Waals surface area contributed by atoms with Gasteiger partial charge in [0.2, 0.25) is 11.8 Å². The number of para-hydroxylation sites is 1. The lowest BCUT2D eigenvalue weighted by Gasteiger charge is -2.33. The molecule has 1 unspecified atom stereocenters. The van der Waals surface area contributed by atoms with E-state index in [0.717, 1.165) is 11.3 Å². The van der Waals surface area contributed by atoms with Crippen molar-refractivity contribution >= 4 is 17.9 Å². The molecule has 1 saturated heterocycles. The van der Waals surface area contributed by atoms with Crippen LogP contribution in [0.2, 0.25) is 0 Å². The molecule has 1 fully saturated rings. The first-order valence-electron chi connectivity index (χ1n) is 7.21. The summed E-state index contributed by atoms with van der Waals surface area (Å²) < 4.78 is 5.29. The van der Waals surface area contributed by atoms with Gasteiger partial charge < -0.3 is 15.8 Å². The van der Waals surface area contributed by atoms with Gasteiger partial charge in [0.05, 0.1) is 19.6 Å². The van der Waals surface area contributed by atoms with E-state index in [0.29, 0.717) is 19.6 Å². The predicted molar refractivity (Wildman–Crippen MR) is 84.2 cm³/mol. The number of nitrogens with zero attached hydrogens (tertiary/aromatic N) is 1. The molecule has 0 aliphatic carbocycles. The number of nitrogens with one attached hydrogen (secondary N) is 1. The third kappa shape index (κ3) is 4.08. The van der Waals surface area contributed by atoms with Crippen molar-refractivity contribution in [3.05, 3.63) is 35.9 Å². The smallest absolute Gasteiger partial charge is 0.237 e. The highest BCUT2D eigenvalue weighted by atomic mass is 16.5. The van der Waals surface area contributed by atoms with Crippen LogP contribution in [0.3, 0.4) is 0 Å². The lowest BCUT2D eigenvalue weighted by molar-refractivity contribution is -0.132. The van der Waals surface area contributed by atoms with Crippen molar-refractivity contribution in [2.45, 2.75) is 12.5 Å². The van der Waals surface area contributed by atoms with Crippen LogP contribution in [0.1, 0.15) is 12.0 Å². The normalized spacial score (nSPS) is 19.1. The zero-order valence-corrected chi connectivity index (χ0v) is 12.6. The molecule has 1 aromatic rings. The summed E-state index contributed by atoms with van der Waals surface area (Å²) in [5.41, 5.74) is 6.20. The molecule has 1 aliphatic rings. The maximum absolute atomic E-state index is 11.9. The van der Waals surface area contributed by atoms with Crippen molar-refractivity contribution < 1.29 is 14.3 Å². The number of hydrogen-bond donors (Lipinski definition) is 2. The molecule has 0 radical (unpaired) electrons. The standard InChI is InChI=1S/C16H21N3O3/c1-22-14-7-3-2-5-12(14)6-4-9-19-10-8-18-16(21)13(19)11-15(17)20/h2-7,13H,8-11H2,1H3,(H2,17,20)(H,18,21). The Morgan fingerprint density at radius 2 is 2.27 bits per heavy atom. The molecule has 0 spiro atoms. The summed E-state index contributed by atoms with van der Waals surface area (Å²) in [4.78, 5) is 24.9. The van der Waals surface area contributed by atoms with Gasteiger partial charge in [0.15, 0.2) is 0 Å². The van der Waals surface area contributed by atoms with Crippen LogP contribution in [0.4, 0.5) is 0 Å². The van der Waals surface area contributed by atoms with Gasteiger partial charge in [-0.1, -0.05) is 30.4 Å². The van der Waals surface area contributed by atoms with E-state index in [1.807, 2.05) is 41.3 Å². The second kappa shape index (κ2) is 7.61. The fraction of sp³-hybridized carbons (Fsp3) is 0.375.